The summed E-state index contributed by atoms with van der Waals surface area (Å²) in [6.45, 7) is 2.25. The predicted molar refractivity (Wildman–Crippen MR) is 179 cm³/mol. The first-order chi connectivity index (χ1) is 22.2. The Labute approximate surface area is 276 Å². The van der Waals surface area contributed by atoms with E-state index in [0.29, 0.717) is 37.7 Å². The molecule has 0 aromatic heterocycles. The minimum atomic E-state index is -3.61. The number of amides is 2. The number of hydrogen-bond acceptors (Lipinski definition) is 6. The summed E-state index contributed by atoms with van der Waals surface area (Å²) >= 11 is 6.62. The van der Waals surface area contributed by atoms with Gasteiger partial charge in [-0.15, -0.1) is 0 Å². The summed E-state index contributed by atoms with van der Waals surface area (Å²) in [4.78, 5) is 28.0. The van der Waals surface area contributed by atoms with E-state index < -0.39 is 42.4 Å². The molecule has 3 aromatic carbocycles. The van der Waals surface area contributed by atoms with Gasteiger partial charge in [0.1, 0.15) is 0 Å². The van der Waals surface area contributed by atoms with Gasteiger partial charge in [0.25, 0.3) is 5.91 Å². The maximum atomic E-state index is 13.7. The van der Waals surface area contributed by atoms with Gasteiger partial charge in [-0.25, -0.2) is 4.67 Å². The van der Waals surface area contributed by atoms with Gasteiger partial charge in [-0.2, -0.15) is 0 Å². The van der Waals surface area contributed by atoms with E-state index in [4.69, 9.17) is 20.5 Å². The van der Waals surface area contributed by atoms with Crippen molar-refractivity contribution in [1.29, 1.82) is 0 Å². The molecular formula is C36H41ClN3O5P. The van der Waals surface area contributed by atoms with Crippen LogP contribution in [0.2, 0.25) is 0 Å². The molecular weight excluding hydrogens is 621 g/mol. The monoisotopic (exact) mass is 661 g/mol. The van der Waals surface area contributed by atoms with Crippen molar-refractivity contribution in [3.63, 3.8) is 0 Å². The van der Waals surface area contributed by atoms with Crippen LogP contribution in [0.5, 0.6) is 0 Å². The highest BCUT2D eigenvalue weighted by atomic mass is 35.7. The fraction of sp³-hybridized carbons (Fsp3) is 0.389. The van der Waals surface area contributed by atoms with Crippen LogP contribution in [-0.4, -0.2) is 66.4 Å². The van der Waals surface area contributed by atoms with E-state index in [1.54, 1.807) is 17.7 Å². The van der Waals surface area contributed by atoms with E-state index >= 15 is 0 Å². The Bertz CT molecular complexity index is 1500. The van der Waals surface area contributed by atoms with Gasteiger partial charge in [-0.05, 0) is 53.6 Å². The predicted octanol–water partition coefficient (Wildman–Crippen LogP) is 6.36. The number of nitrogens with zero attached hydrogens (tertiary/aromatic N) is 2. The Morgan fingerprint density at radius 3 is 1.93 bits per heavy atom. The van der Waals surface area contributed by atoms with Crippen LogP contribution < -0.4 is 5.32 Å². The molecule has 2 amide bonds. The number of benzene rings is 3. The van der Waals surface area contributed by atoms with Gasteiger partial charge in [0.05, 0.1) is 30.3 Å². The number of piperidine rings is 1. The average Bonchev–Trinajstić information content (AvgIpc) is 3.07. The number of carbonyl (C=O) groups excluding carboxylic acids is 2. The third-order valence-electron chi connectivity index (χ3n) is 9.49. The van der Waals surface area contributed by atoms with Crippen molar-refractivity contribution in [3.8, 4) is 0 Å². The number of rotatable bonds is 9. The van der Waals surface area contributed by atoms with Crippen LogP contribution in [0.4, 0.5) is 0 Å². The Kier molecular flexibility index (Phi) is 9.95. The lowest BCUT2D eigenvalue weighted by Crippen LogP contribution is -2.61. The molecule has 2 unspecified atom stereocenters. The molecule has 4 atom stereocenters. The highest BCUT2D eigenvalue weighted by Crippen LogP contribution is 2.57. The quantitative estimate of drug-likeness (QED) is 0.162. The molecule has 46 heavy (non-hydrogen) atoms. The lowest BCUT2D eigenvalue weighted by molar-refractivity contribution is -0.150. The molecule has 6 rings (SSSR count). The lowest BCUT2D eigenvalue weighted by Gasteiger charge is -2.51. The minimum Gasteiger partial charge on any atom is -0.369 e. The lowest BCUT2D eigenvalue weighted by atomic mass is 9.74. The van der Waals surface area contributed by atoms with Crippen LogP contribution in [0.25, 0.3) is 0 Å². The Morgan fingerprint density at radius 1 is 0.891 bits per heavy atom. The van der Waals surface area contributed by atoms with E-state index in [1.807, 2.05) is 54.6 Å². The van der Waals surface area contributed by atoms with Crippen LogP contribution in [0.3, 0.4) is 0 Å². The maximum Gasteiger partial charge on any atom is 0.363 e. The Hall–Kier alpha value is -3.10. The van der Waals surface area contributed by atoms with Crippen molar-refractivity contribution < 1.29 is 23.4 Å². The van der Waals surface area contributed by atoms with Crippen molar-refractivity contribution in [2.45, 2.75) is 44.4 Å². The third-order valence-corrected chi connectivity index (χ3v) is 12.0. The zero-order valence-electron chi connectivity index (χ0n) is 26.3. The fourth-order valence-electron chi connectivity index (χ4n) is 7.00. The second-order valence-electron chi connectivity index (χ2n) is 12.6. The average molecular weight is 662 g/mol. The molecule has 2 saturated heterocycles. The number of imide groups is 1. The number of carbonyl (C=O) groups is 2. The second-order valence-corrected chi connectivity index (χ2v) is 15.6. The van der Waals surface area contributed by atoms with Gasteiger partial charge in [0, 0.05) is 31.8 Å². The number of nitrogens with one attached hydrogen (secondary N) is 1. The number of morpholine rings is 1. The molecule has 8 nitrogen and oxygen atoms in total. The van der Waals surface area contributed by atoms with E-state index in [9.17, 15) is 14.2 Å². The van der Waals surface area contributed by atoms with Crippen LogP contribution in [0, 0.1) is 11.8 Å². The summed E-state index contributed by atoms with van der Waals surface area (Å²) in [7, 11) is 0. The molecule has 0 spiro atoms. The number of halogens is 1. The van der Waals surface area contributed by atoms with E-state index in [-0.39, 0.29) is 6.61 Å². The van der Waals surface area contributed by atoms with Gasteiger partial charge < -0.3 is 9.26 Å². The van der Waals surface area contributed by atoms with Crippen LogP contribution in [0.1, 0.15) is 43.4 Å². The highest BCUT2D eigenvalue weighted by Gasteiger charge is 2.49. The van der Waals surface area contributed by atoms with Crippen molar-refractivity contribution in [3.05, 3.63) is 119 Å². The van der Waals surface area contributed by atoms with Gasteiger partial charge in [0.2, 0.25) is 5.91 Å². The largest absolute Gasteiger partial charge is 0.369 e. The third kappa shape index (κ3) is 6.66. The summed E-state index contributed by atoms with van der Waals surface area (Å²) in [5.74, 6) is -0.970. The first-order valence-corrected chi connectivity index (χ1v) is 18.5. The molecule has 3 aromatic rings. The minimum absolute atomic E-state index is 0.0236. The maximum absolute atomic E-state index is 13.7. The normalized spacial score (nSPS) is 25.0. The molecule has 242 valence electrons. The SMILES string of the molecule is CC1=CC([C@H]2CN(C(c3ccccc3)(c3ccccc3)c3ccccc3)C[C@@H](COP(=O)(Cl)N3CCC(C)CC3)O2)C(=O)NC1=O. The topological polar surface area (TPSA) is 88.2 Å². The van der Waals surface area contributed by atoms with E-state index in [0.717, 1.165) is 29.5 Å². The molecule has 1 N–H and O–H groups in total. The molecule has 2 fully saturated rings. The zero-order valence-corrected chi connectivity index (χ0v) is 27.9. The standard InChI is InChI=1S/C36H41ClN3O5P/c1-26-18-20-40(21-19-26)46(37,43)44-25-31-23-39(24-33(45-31)32-22-27(2)34(41)38-35(32)42)36(28-12-6-3-7-13-28,29-14-8-4-9-15-29)30-16-10-5-11-17-30/h3-17,22,26,31-33H,18-21,23-25H2,1-2H3,(H,38,41,42)/t31-,32?,33+,46?/m0/s1. The van der Waals surface area contributed by atoms with Crippen LogP contribution in [-0.2, 0) is 29.0 Å². The van der Waals surface area contributed by atoms with Crippen LogP contribution >= 0.6 is 18.1 Å². The number of ether oxygens (including phenoxy) is 1. The molecule has 3 aliphatic rings. The highest BCUT2D eigenvalue weighted by molar-refractivity contribution is 7.83. The van der Waals surface area contributed by atoms with Gasteiger partial charge in [0.15, 0.2) is 0 Å². The van der Waals surface area contributed by atoms with Gasteiger partial charge in [-0.1, -0.05) is 104 Å². The van der Waals surface area contributed by atoms with Crippen LogP contribution in [0.15, 0.2) is 103 Å². The molecule has 0 bridgehead atoms. The zero-order chi connectivity index (χ0) is 32.3. The van der Waals surface area contributed by atoms with Crippen molar-refractivity contribution in [2.75, 3.05) is 32.8 Å². The summed E-state index contributed by atoms with van der Waals surface area (Å²) in [6.07, 6.45) is 2.30. The molecule has 0 saturated carbocycles. The molecule has 3 heterocycles. The second kappa shape index (κ2) is 13.9. The first kappa shape index (κ1) is 32.8. The van der Waals surface area contributed by atoms with Gasteiger partial charge >= 0.3 is 6.87 Å². The molecule has 3 aliphatic heterocycles. The smallest absolute Gasteiger partial charge is 0.363 e. The molecule has 0 radical (unpaired) electrons. The Morgan fingerprint density at radius 2 is 1.41 bits per heavy atom. The summed E-state index contributed by atoms with van der Waals surface area (Å²) in [5, 5.41) is 2.49. The summed E-state index contributed by atoms with van der Waals surface area (Å²) < 4.78 is 28.1. The molecule has 10 heteroatoms. The Balaban J connectivity index is 1.43. The van der Waals surface area contributed by atoms with E-state index in [2.05, 4.69) is 53.5 Å². The van der Waals surface area contributed by atoms with Crippen molar-refractivity contribution >= 4 is 29.9 Å². The van der Waals surface area contributed by atoms with Crippen molar-refractivity contribution in [2.24, 2.45) is 11.8 Å². The van der Waals surface area contributed by atoms with Crippen molar-refractivity contribution in [1.82, 2.24) is 14.9 Å². The van der Waals surface area contributed by atoms with E-state index in [1.165, 1.54) is 0 Å². The summed E-state index contributed by atoms with van der Waals surface area (Å²) in [6, 6.07) is 30.9. The fourth-order valence-corrected chi connectivity index (χ4v) is 8.85. The molecule has 0 aliphatic carbocycles. The first-order valence-electron chi connectivity index (χ1n) is 16.0. The van der Waals surface area contributed by atoms with Gasteiger partial charge in [-0.3, -0.25) is 24.4 Å². The number of hydrogen-bond donors (Lipinski definition) is 1. The summed E-state index contributed by atoms with van der Waals surface area (Å²) in [5.41, 5.74) is 2.83.